The van der Waals surface area contributed by atoms with Crippen LogP contribution < -0.4 is 4.72 Å². The van der Waals surface area contributed by atoms with Gasteiger partial charge in [-0.3, -0.25) is 4.79 Å². The highest BCUT2D eigenvalue weighted by Gasteiger charge is 2.37. The molecule has 0 aliphatic rings. The van der Waals surface area contributed by atoms with Crippen LogP contribution >= 0.6 is 0 Å². The fourth-order valence-corrected chi connectivity index (χ4v) is 2.70. The number of ether oxygens (including phenoxy) is 1. The van der Waals surface area contributed by atoms with E-state index in [0.29, 0.717) is 6.61 Å². The van der Waals surface area contributed by atoms with E-state index in [1.54, 1.807) is 6.92 Å². The molecule has 0 radical (unpaired) electrons. The molecule has 0 aliphatic heterocycles. The van der Waals surface area contributed by atoms with Crippen LogP contribution in [0.25, 0.3) is 0 Å². The van der Waals surface area contributed by atoms with Crippen molar-refractivity contribution in [2.75, 3.05) is 6.61 Å². The highest BCUT2D eigenvalue weighted by Crippen LogP contribution is 2.30. The standard InChI is InChI=1S/C15H29NO3S/c1-8-10-15(6,7)12(11-13(17)19-9-2)16-20(18)14(3,4)5/h8,12,16H,1,9-11H2,2-7H3. The van der Waals surface area contributed by atoms with Gasteiger partial charge in [0.05, 0.1) is 19.1 Å². The first-order chi connectivity index (χ1) is 9.04. The number of carbonyl (C=O) groups excluding carboxylic acids is 1. The van der Waals surface area contributed by atoms with Crippen molar-refractivity contribution in [2.24, 2.45) is 5.41 Å². The molecule has 5 heteroatoms. The number of rotatable bonds is 8. The lowest BCUT2D eigenvalue weighted by Gasteiger charge is -2.36. The van der Waals surface area contributed by atoms with Crippen LogP contribution in [-0.4, -0.2) is 27.9 Å². The maximum Gasteiger partial charge on any atom is 0.307 e. The Kier molecular flexibility index (Phi) is 7.84. The highest BCUT2D eigenvalue weighted by molar-refractivity contribution is 7.90. The molecule has 0 aromatic carbocycles. The average molecular weight is 303 g/mol. The van der Waals surface area contributed by atoms with Crippen molar-refractivity contribution < 1.29 is 14.1 Å². The molecule has 118 valence electrons. The van der Waals surface area contributed by atoms with E-state index in [0.717, 1.165) is 6.42 Å². The summed E-state index contributed by atoms with van der Waals surface area (Å²) in [4.78, 5) is 11.7. The first-order valence-electron chi connectivity index (χ1n) is 6.99. The molecule has 2 unspecified atom stereocenters. The van der Waals surface area contributed by atoms with Crippen molar-refractivity contribution in [3.8, 4) is 0 Å². The van der Waals surface area contributed by atoms with E-state index < -0.39 is 11.4 Å². The van der Waals surface area contributed by atoms with Crippen molar-refractivity contribution in [3.63, 3.8) is 0 Å². The highest BCUT2D eigenvalue weighted by atomic mass is 32.2. The normalized spacial score (nSPS) is 15.6. The van der Waals surface area contributed by atoms with Gasteiger partial charge in [0.15, 0.2) is 0 Å². The van der Waals surface area contributed by atoms with E-state index in [9.17, 15) is 9.35 Å². The Balaban J connectivity index is 4.97. The fourth-order valence-electron chi connectivity index (χ4n) is 1.68. The summed E-state index contributed by atoms with van der Waals surface area (Å²) in [7, 11) is 0. The Labute approximate surface area is 126 Å². The third-order valence-corrected chi connectivity index (χ3v) is 4.71. The first kappa shape index (κ1) is 19.5. The van der Waals surface area contributed by atoms with Crippen LogP contribution in [-0.2, 0) is 20.9 Å². The van der Waals surface area contributed by atoms with Gasteiger partial charge >= 0.3 is 5.97 Å². The second-order valence-corrected chi connectivity index (χ2v) is 8.54. The number of carbonyl (C=O) groups is 1. The molecule has 0 rings (SSSR count). The molecular weight excluding hydrogens is 274 g/mol. The quantitative estimate of drug-likeness (QED) is 0.425. The molecule has 0 spiro atoms. The summed E-state index contributed by atoms with van der Waals surface area (Å²) in [5.74, 6) is -0.270. The number of esters is 1. The van der Waals surface area contributed by atoms with Crippen molar-refractivity contribution in [2.45, 2.75) is 65.2 Å². The van der Waals surface area contributed by atoms with E-state index >= 15 is 0 Å². The van der Waals surface area contributed by atoms with Gasteiger partial charge in [-0.05, 0) is 39.5 Å². The predicted molar refractivity (Wildman–Crippen MR) is 84.7 cm³/mol. The van der Waals surface area contributed by atoms with E-state index in [1.807, 2.05) is 40.7 Å². The molecule has 1 N–H and O–H groups in total. The second kappa shape index (κ2) is 8.05. The Morgan fingerprint density at radius 1 is 1.40 bits per heavy atom. The molecule has 20 heavy (non-hydrogen) atoms. The van der Waals surface area contributed by atoms with Gasteiger partial charge in [0.2, 0.25) is 0 Å². The predicted octanol–water partition coefficient (Wildman–Crippen LogP) is 2.96. The maximum atomic E-state index is 12.3. The van der Waals surface area contributed by atoms with E-state index in [-0.39, 0.29) is 28.6 Å². The van der Waals surface area contributed by atoms with Crippen LogP contribution in [0, 0.1) is 5.41 Å². The van der Waals surface area contributed by atoms with Crippen LogP contribution in [0.15, 0.2) is 12.7 Å². The topological polar surface area (TPSA) is 61.4 Å². The Hall–Kier alpha value is -0.520. The SMILES string of the molecule is C=CCC(C)(C)C(CC(=O)OCC)N[S+]([O-])C(C)(C)C. The monoisotopic (exact) mass is 303 g/mol. The minimum absolute atomic E-state index is 0.205. The van der Waals surface area contributed by atoms with Gasteiger partial charge in [-0.2, -0.15) is 0 Å². The van der Waals surface area contributed by atoms with Crippen molar-refractivity contribution in [1.82, 2.24) is 4.72 Å². The Morgan fingerprint density at radius 3 is 2.35 bits per heavy atom. The Bertz CT molecular complexity index is 324. The van der Waals surface area contributed by atoms with Gasteiger partial charge in [-0.15, -0.1) is 11.3 Å². The summed E-state index contributed by atoms with van der Waals surface area (Å²) in [6.45, 7) is 15.7. The summed E-state index contributed by atoms with van der Waals surface area (Å²) in [6, 6.07) is -0.223. The lowest BCUT2D eigenvalue weighted by molar-refractivity contribution is -0.144. The summed E-state index contributed by atoms with van der Waals surface area (Å²) in [5, 5.41) is 0. The van der Waals surface area contributed by atoms with Crippen LogP contribution in [0.5, 0.6) is 0 Å². The van der Waals surface area contributed by atoms with Crippen molar-refractivity contribution in [1.29, 1.82) is 0 Å². The molecule has 0 aromatic rings. The van der Waals surface area contributed by atoms with Crippen molar-refractivity contribution in [3.05, 3.63) is 12.7 Å². The molecule has 0 amide bonds. The largest absolute Gasteiger partial charge is 0.598 e. The lowest BCUT2D eigenvalue weighted by atomic mass is 9.80. The summed E-state index contributed by atoms with van der Waals surface area (Å²) in [6.07, 6.45) is 2.75. The average Bonchev–Trinajstić information content (AvgIpc) is 2.26. The molecular formula is C15H29NO3S. The third kappa shape index (κ3) is 6.77. The van der Waals surface area contributed by atoms with Gasteiger partial charge in [-0.1, -0.05) is 19.9 Å². The molecule has 0 heterocycles. The number of allylic oxidation sites excluding steroid dienone is 1. The first-order valence-corrected chi connectivity index (χ1v) is 8.14. The number of hydrogen-bond donors (Lipinski definition) is 1. The maximum absolute atomic E-state index is 12.3. The molecule has 0 fully saturated rings. The minimum Gasteiger partial charge on any atom is -0.598 e. The second-order valence-electron chi connectivity index (χ2n) is 6.54. The zero-order chi connectivity index (χ0) is 16.0. The van der Waals surface area contributed by atoms with Gasteiger partial charge in [0.25, 0.3) is 0 Å². The van der Waals surface area contributed by atoms with Crippen LogP contribution in [0.3, 0.4) is 0 Å². The van der Waals surface area contributed by atoms with Crippen LogP contribution in [0.2, 0.25) is 0 Å². The van der Waals surface area contributed by atoms with Gasteiger partial charge in [-0.25, -0.2) is 0 Å². The Morgan fingerprint density at radius 2 is 1.95 bits per heavy atom. The lowest BCUT2D eigenvalue weighted by Crippen LogP contribution is -2.51. The molecule has 0 aliphatic carbocycles. The molecule has 0 saturated heterocycles. The molecule has 2 atom stereocenters. The number of hydrogen-bond acceptors (Lipinski definition) is 4. The zero-order valence-electron chi connectivity index (χ0n) is 13.6. The summed E-state index contributed by atoms with van der Waals surface area (Å²) < 4.78 is 20.0. The fraction of sp³-hybridized carbons (Fsp3) is 0.800. The molecule has 0 saturated carbocycles. The zero-order valence-corrected chi connectivity index (χ0v) is 14.4. The number of nitrogens with one attached hydrogen (secondary N) is 1. The summed E-state index contributed by atoms with van der Waals surface area (Å²) >= 11 is -1.23. The van der Waals surface area contributed by atoms with Crippen molar-refractivity contribution >= 4 is 17.3 Å². The molecule has 0 bridgehead atoms. The smallest absolute Gasteiger partial charge is 0.307 e. The minimum atomic E-state index is -1.23. The molecule has 0 aromatic heterocycles. The third-order valence-electron chi connectivity index (χ3n) is 3.10. The van der Waals surface area contributed by atoms with Gasteiger partial charge in [0.1, 0.15) is 4.75 Å². The van der Waals surface area contributed by atoms with Gasteiger partial charge in [0, 0.05) is 11.4 Å². The van der Waals surface area contributed by atoms with E-state index in [1.165, 1.54) is 0 Å². The van der Waals surface area contributed by atoms with Crippen LogP contribution in [0.1, 0.15) is 54.4 Å². The van der Waals surface area contributed by atoms with E-state index in [2.05, 4.69) is 11.3 Å². The summed E-state index contributed by atoms with van der Waals surface area (Å²) in [5.41, 5.74) is -0.227. The van der Waals surface area contributed by atoms with Crippen LogP contribution in [0.4, 0.5) is 0 Å². The van der Waals surface area contributed by atoms with Gasteiger partial charge < -0.3 is 9.29 Å². The van der Waals surface area contributed by atoms with E-state index in [4.69, 9.17) is 4.74 Å². The molecule has 4 nitrogen and oxygen atoms in total.